The quantitative estimate of drug-likeness (QED) is 0.0504. The van der Waals surface area contributed by atoms with Gasteiger partial charge in [-0.25, -0.2) is 4.79 Å². The molecule has 35 heavy (non-hydrogen) atoms. The molecule has 0 aliphatic heterocycles. The van der Waals surface area contributed by atoms with Crippen molar-refractivity contribution in [2.45, 2.75) is 56.3 Å². The van der Waals surface area contributed by atoms with Crippen LogP contribution in [0.2, 0.25) is 0 Å². The molecule has 17 heteroatoms. The summed E-state index contributed by atoms with van der Waals surface area (Å²) in [5, 5.41) is 34.0. The summed E-state index contributed by atoms with van der Waals surface area (Å²) in [4.78, 5) is 74.0. The molecule has 0 saturated heterocycles. The zero-order valence-corrected chi connectivity index (χ0v) is 18.8. The molecule has 4 amide bonds. The van der Waals surface area contributed by atoms with Gasteiger partial charge in [0, 0.05) is 13.0 Å². The zero-order chi connectivity index (χ0) is 27.1. The molecule has 0 spiro atoms. The van der Waals surface area contributed by atoms with Crippen molar-refractivity contribution in [3.63, 3.8) is 0 Å². The van der Waals surface area contributed by atoms with Crippen LogP contribution in [0, 0.1) is 0 Å². The highest BCUT2D eigenvalue weighted by atomic mass is 16.4. The van der Waals surface area contributed by atoms with Gasteiger partial charge in [0.15, 0.2) is 5.96 Å². The number of aliphatic hydroxyl groups excluding tert-OH is 1. The predicted octanol–water partition coefficient (Wildman–Crippen LogP) is -5.36. The Labute approximate surface area is 199 Å². The van der Waals surface area contributed by atoms with E-state index in [2.05, 4.69) is 20.9 Å². The van der Waals surface area contributed by atoms with Crippen LogP contribution in [0.15, 0.2) is 4.99 Å². The third-order valence-corrected chi connectivity index (χ3v) is 4.42. The SMILES string of the molecule is NC(=O)CCC(NC(=O)C(CCCN=C(N)N)NC(=O)C(CO)NC(=O)C(N)CC(=O)O)C(=O)O. The lowest BCUT2D eigenvalue weighted by atomic mass is 10.1. The molecule has 17 nitrogen and oxygen atoms in total. The van der Waals surface area contributed by atoms with E-state index < -0.39 is 72.8 Å². The minimum atomic E-state index is -1.60. The predicted molar refractivity (Wildman–Crippen MR) is 119 cm³/mol. The van der Waals surface area contributed by atoms with Crippen LogP contribution in [0.1, 0.15) is 32.1 Å². The van der Waals surface area contributed by atoms with E-state index in [4.69, 9.17) is 28.0 Å². The lowest BCUT2D eigenvalue weighted by Crippen LogP contribution is -2.58. The molecule has 4 unspecified atom stereocenters. The summed E-state index contributed by atoms with van der Waals surface area (Å²) in [6.07, 6.45) is -1.28. The first kappa shape index (κ1) is 31.0. The van der Waals surface area contributed by atoms with Gasteiger partial charge in [0.2, 0.25) is 23.6 Å². The van der Waals surface area contributed by atoms with Gasteiger partial charge in [-0.1, -0.05) is 0 Å². The number of primary amides is 1. The van der Waals surface area contributed by atoms with E-state index >= 15 is 0 Å². The Morgan fingerprint density at radius 3 is 1.83 bits per heavy atom. The van der Waals surface area contributed by atoms with E-state index in [1.54, 1.807) is 0 Å². The maximum Gasteiger partial charge on any atom is 0.326 e. The van der Waals surface area contributed by atoms with Crippen LogP contribution in [0.3, 0.4) is 0 Å². The van der Waals surface area contributed by atoms with Gasteiger partial charge in [0.25, 0.3) is 0 Å². The van der Waals surface area contributed by atoms with E-state index in [1.807, 2.05) is 0 Å². The standard InChI is InChI=1S/C18H32N8O9/c19-8(6-13(29)30)14(31)26-11(7-27)16(33)24-9(2-1-5-23-18(21)22)15(32)25-10(17(34)35)3-4-12(20)28/h8-11,27H,1-7,19H2,(H2,20,28)(H,24,33)(H,25,32)(H,26,31)(H,29,30)(H,34,35)(H4,21,22,23). The third kappa shape index (κ3) is 13.3. The van der Waals surface area contributed by atoms with Crippen LogP contribution in [0.4, 0.5) is 0 Å². The number of carbonyl (C=O) groups is 6. The second-order valence-electron chi connectivity index (χ2n) is 7.36. The van der Waals surface area contributed by atoms with Crippen LogP contribution >= 0.6 is 0 Å². The van der Waals surface area contributed by atoms with Crippen LogP contribution < -0.4 is 38.9 Å². The fourth-order valence-electron chi connectivity index (χ4n) is 2.61. The van der Waals surface area contributed by atoms with Gasteiger partial charge in [-0.2, -0.15) is 0 Å². The van der Waals surface area contributed by atoms with Crippen molar-refractivity contribution in [1.82, 2.24) is 16.0 Å². The van der Waals surface area contributed by atoms with Gasteiger partial charge in [-0.15, -0.1) is 0 Å². The number of aliphatic hydroxyl groups is 1. The molecule has 0 aromatic carbocycles. The topological polar surface area (TPSA) is 316 Å². The van der Waals surface area contributed by atoms with E-state index in [-0.39, 0.29) is 38.2 Å². The molecule has 0 aromatic rings. The zero-order valence-electron chi connectivity index (χ0n) is 18.8. The number of aliphatic carboxylic acids is 2. The number of nitrogens with two attached hydrogens (primary N) is 4. The molecular weight excluding hydrogens is 472 g/mol. The third-order valence-electron chi connectivity index (χ3n) is 4.42. The van der Waals surface area contributed by atoms with Crippen LogP contribution in [0.25, 0.3) is 0 Å². The van der Waals surface area contributed by atoms with Crippen LogP contribution in [-0.4, -0.2) is 94.2 Å². The molecular formula is C18H32N8O9. The van der Waals surface area contributed by atoms with Gasteiger partial charge in [-0.05, 0) is 19.3 Å². The van der Waals surface area contributed by atoms with Crippen molar-refractivity contribution in [2.75, 3.05) is 13.2 Å². The monoisotopic (exact) mass is 504 g/mol. The summed E-state index contributed by atoms with van der Waals surface area (Å²) >= 11 is 0. The number of guanidine groups is 1. The number of hydrogen-bond acceptors (Lipinski definition) is 9. The highest BCUT2D eigenvalue weighted by Gasteiger charge is 2.30. The Hall–Kier alpha value is -3.99. The number of carbonyl (C=O) groups excluding carboxylic acids is 4. The number of nitrogens with one attached hydrogen (secondary N) is 3. The Balaban J connectivity index is 5.44. The van der Waals surface area contributed by atoms with Crippen LogP contribution in [-0.2, 0) is 28.8 Å². The first-order valence-corrected chi connectivity index (χ1v) is 10.3. The molecule has 0 aliphatic rings. The fraction of sp³-hybridized carbons (Fsp3) is 0.611. The van der Waals surface area contributed by atoms with Crippen molar-refractivity contribution >= 4 is 41.5 Å². The minimum absolute atomic E-state index is 0.0657. The number of aliphatic imine (C=N–C) groups is 1. The van der Waals surface area contributed by atoms with E-state index in [0.717, 1.165) is 0 Å². The molecule has 0 aliphatic carbocycles. The number of hydrogen-bond donors (Lipinski definition) is 10. The summed E-state index contributed by atoms with van der Waals surface area (Å²) in [6.45, 7) is -0.855. The summed E-state index contributed by atoms with van der Waals surface area (Å²) in [7, 11) is 0. The maximum atomic E-state index is 12.7. The molecule has 0 rings (SSSR count). The normalized spacial score (nSPS) is 13.9. The maximum absolute atomic E-state index is 12.7. The second-order valence-corrected chi connectivity index (χ2v) is 7.36. The number of amides is 4. The van der Waals surface area contributed by atoms with Gasteiger partial charge < -0.3 is 54.2 Å². The summed E-state index contributed by atoms with van der Waals surface area (Å²) in [5.74, 6) is -6.81. The van der Waals surface area contributed by atoms with Gasteiger partial charge in [-0.3, -0.25) is 29.0 Å². The molecule has 14 N–H and O–H groups in total. The molecule has 198 valence electrons. The number of carboxylic acids is 2. The Morgan fingerprint density at radius 1 is 0.800 bits per heavy atom. The molecule has 0 aromatic heterocycles. The molecule has 0 radical (unpaired) electrons. The van der Waals surface area contributed by atoms with Gasteiger partial charge >= 0.3 is 11.9 Å². The smallest absolute Gasteiger partial charge is 0.326 e. The van der Waals surface area contributed by atoms with Crippen molar-refractivity contribution < 1.29 is 44.1 Å². The first-order valence-electron chi connectivity index (χ1n) is 10.3. The van der Waals surface area contributed by atoms with Gasteiger partial charge in [0.1, 0.15) is 18.1 Å². The molecule has 0 saturated carbocycles. The Morgan fingerprint density at radius 2 is 1.34 bits per heavy atom. The Bertz CT molecular complexity index is 816. The minimum Gasteiger partial charge on any atom is -0.481 e. The summed E-state index contributed by atoms with van der Waals surface area (Å²) in [5.41, 5.74) is 20.9. The summed E-state index contributed by atoms with van der Waals surface area (Å²) in [6, 6.07) is -5.95. The first-order chi connectivity index (χ1) is 16.3. The molecule has 4 atom stereocenters. The van der Waals surface area contributed by atoms with Crippen molar-refractivity contribution in [3.05, 3.63) is 0 Å². The number of carboxylic acid groups (broad SMARTS) is 2. The van der Waals surface area contributed by atoms with Crippen molar-refractivity contribution in [2.24, 2.45) is 27.9 Å². The Kier molecular flexibility index (Phi) is 14.0. The van der Waals surface area contributed by atoms with E-state index in [9.17, 15) is 39.0 Å². The largest absolute Gasteiger partial charge is 0.481 e. The lowest BCUT2D eigenvalue weighted by molar-refractivity contribution is -0.142. The average Bonchev–Trinajstić information content (AvgIpc) is 2.75. The average molecular weight is 505 g/mol. The second kappa shape index (κ2) is 15.8. The number of rotatable bonds is 17. The highest BCUT2D eigenvalue weighted by Crippen LogP contribution is 2.04. The van der Waals surface area contributed by atoms with Crippen molar-refractivity contribution in [1.29, 1.82) is 0 Å². The van der Waals surface area contributed by atoms with Gasteiger partial charge in [0.05, 0.1) is 19.1 Å². The molecule has 0 bridgehead atoms. The van der Waals surface area contributed by atoms with E-state index in [1.165, 1.54) is 0 Å². The highest BCUT2D eigenvalue weighted by molar-refractivity contribution is 5.94. The fourth-order valence-corrected chi connectivity index (χ4v) is 2.61. The number of nitrogens with zero attached hydrogens (tertiary/aromatic N) is 1. The summed E-state index contributed by atoms with van der Waals surface area (Å²) < 4.78 is 0. The molecule has 0 heterocycles. The van der Waals surface area contributed by atoms with E-state index in [0.29, 0.717) is 0 Å². The lowest BCUT2D eigenvalue weighted by Gasteiger charge is -2.24. The van der Waals surface area contributed by atoms with Crippen LogP contribution in [0.5, 0.6) is 0 Å². The molecule has 0 fully saturated rings. The van der Waals surface area contributed by atoms with Crippen molar-refractivity contribution in [3.8, 4) is 0 Å².